The summed E-state index contributed by atoms with van der Waals surface area (Å²) in [5.74, 6) is 0.862. The van der Waals surface area contributed by atoms with Gasteiger partial charge >= 0.3 is 0 Å². The number of nitrogens with one attached hydrogen (secondary N) is 1. The fourth-order valence-electron chi connectivity index (χ4n) is 1.95. The maximum atomic E-state index is 10.7. The molecule has 0 aromatic rings. The zero-order chi connectivity index (χ0) is 9.73. The van der Waals surface area contributed by atoms with Crippen LogP contribution in [0.1, 0.15) is 38.5 Å². The molecule has 1 aliphatic carbocycles. The molecule has 4 heteroatoms. The number of rotatable bonds is 5. The first-order valence-corrected chi connectivity index (χ1v) is 6.92. The first-order chi connectivity index (χ1) is 6.08. The molecule has 0 spiro atoms. The number of hydrogen-bond donors (Lipinski definition) is 1. The van der Waals surface area contributed by atoms with Crippen LogP contribution in [0.15, 0.2) is 0 Å². The zero-order valence-corrected chi connectivity index (χ0v) is 9.07. The van der Waals surface area contributed by atoms with Crippen LogP contribution < -0.4 is 4.72 Å². The normalized spacial score (nSPS) is 19.5. The van der Waals surface area contributed by atoms with Gasteiger partial charge in [-0.15, -0.1) is 0 Å². The first-order valence-electron chi connectivity index (χ1n) is 5.02. The first kappa shape index (κ1) is 11.0. The van der Waals surface area contributed by atoms with E-state index in [2.05, 4.69) is 4.72 Å². The van der Waals surface area contributed by atoms with Gasteiger partial charge in [0.1, 0.15) is 0 Å². The van der Waals surface area contributed by atoms with Crippen molar-refractivity contribution in [3.8, 4) is 0 Å². The predicted molar refractivity (Wildman–Crippen MR) is 54.0 cm³/mol. The molecule has 1 fully saturated rings. The summed E-state index contributed by atoms with van der Waals surface area (Å²) in [5.41, 5.74) is 0. The van der Waals surface area contributed by atoms with Crippen LogP contribution in [0, 0.1) is 5.92 Å². The number of sulfonamides is 1. The molecular formula is C9H19NO2S. The second-order valence-electron chi connectivity index (χ2n) is 3.96. The highest BCUT2D eigenvalue weighted by Crippen LogP contribution is 2.28. The molecule has 0 atom stereocenters. The van der Waals surface area contributed by atoms with Crippen LogP contribution in [0.5, 0.6) is 0 Å². The Morgan fingerprint density at radius 2 is 1.92 bits per heavy atom. The van der Waals surface area contributed by atoms with Crippen molar-refractivity contribution in [1.29, 1.82) is 0 Å². The van der Waals surface area contributed by atoms with Crippen molar-refractivity contribution in [2.45, 2.75) is 38.5 Å². The Bertz CT molecular complexity index is 230. The summed E-state index contributed by atoms with van der Waals surface area (Å²) in [6.45, 7) is 0.606. The zero-order valence-electron chi connectivity index (χ0n) is 8.25. The van der Waals surface area contributed by atoms with Gasteiger partial charge in [-0.2, -0.15) is 0 Å². The van der Waals surface area contributed by atoms with Crippen molar-refractivity contribution >= 4 is 10.0 Å². The summed E-state index contributed by atoms with van der Waals surface area (Å²) in [5, 5.41) is 0. The second kappa shape index (κ2) is 4.96. The molecule has 78 valence electrons. The lowest BCUT2D eigenvalue weighted by atomic mass is 10.0. The molecule has 0 aromatic heterocycles. The lowest BCUT2D eigenvalue weighted by Crippen LogP contribution is -2.23. The molecule has 0 unspecified atom stereocenters. The molecular weight excluding hydrogens is 186 g/mol. The summed E-state index contributed by atoms with van der Waals surface area (Å²) in [6.07, 6.45) is 8.80. The lowest BCUT2D eigenvalue weighted by Gasteiger charge is -2.07. The molecule has 1 saturated carbocycles. The van der Waals surface area contributed by atoms with Crippen molar-refractivity contribution in [1.82, 2.24) is 4.72 Å². The van der Waals surface area contributed by atoms with Gasteiger partial charge in [0.15, 0.2) is 0 Å². The third kappa shape index (κ3) is 5.26. The van der Waals surface area contributed by atoms with Gasteiger partial charge in [-0.1, -0.05) is 25.7 Å². The fourth-order valence-corrected chi connectivity index (χ4v) is 2.46. The highest BCUT2D eigenvalue weighted by Gasteiger charge is 2.14. The highest BCUT2D eigenvalue weighted by molar-refractivity contribution is 7.88. The molecule has 0 saturated heterocycles. The summed E-state index contributed by atoms with van der Waals surface area (Å²) >= 11 is 0. The Labute approximate surface area is 81.0 Å². The summed E-state index contributed by atoms with van der Waals surface area (Å²) in [4.78, 5) is 0. The molecule has 0 bridgehead atoms. The van der Waals surface area contributed by atoms with E-state index in [0.717, 1.165) is 12.3 Å². The van der Waals surface area contributed by atoms with Crippen LogP contribution >= 0.6 is 0 Å². The third-order valence-corrected chi connectivity index (χ3v) is 3.36. The van der Waals surface area contributed by atoms with Gasteiger partial charge in [0.05, 0.1) is 6.26 Å². The summed E-state index contributed by atoms with van der Waals surface area (Å²) in [6, 6.07) is 0. The maximum absolute atomic E-state index is 10.7. The second-order valence-corrected chi connectivity index (χ2v) is 5.79. The van der Waals surface area contributed by atoms with Crippen LogP contribution in [0.4, 0.5) is 0 Å². The van der Waals surface area contributed by atoms with Crippen LogP contribution in [0.25, 0.3) is 0 Å². The minimum Gasteiger partial charge on any atom is -0.215 e. The topological polar surface area (TPSA) is 46.2 Å². The van der Waals surface area contributed by atoms with Crippen molar-refractivity contribution in [3.05, 3.63) is 0 Å². The van der Waals surface area contributed by atoms with Crippen molar-refractivity contribution in [3.63, 3.8) is 0 Å². The largest absolute Gasteiger partial charge is 0.215 e. The fraction of sp³-hybridized carbons (Fsp3) is 1.00. The van der Waals surface area contributed by atoms with E-state index in [1.807, 2.05) is 0 Å². The number of hydrogen-bond acceptors (Lipinski definition) is 2. The van der Waals surface area contributed by atoms with Crippen LogP contribution in [0.2, 0.25) is 0 Å². The van der Waals surface area contributed by atoms with Crippen LogP contribution in [-0.2, 0) is 10.0 Å². The van der Waals surface area contributed by atoms with Gasteiger partial charge in [0.25, 0.3) is 0 Å². The SMILES string of the molecule is CS(=O)(=O)NCCCC1CCCC1. The molecule has 1 N–H and O–H groups in total. The van der Waals surface area contributed by atoms with Crippen LogP contribution in [0.3, 0.4) is 0 Å². The smallest absolute Gasteiger partial charge is 0.208 e. The lowest BCUT2D eigenvalue weighted by molar-refractivity contribution is 0.481. The average molecular weight is 205 g/mol. The van der Waals surface area contributed by atoms with Crippen molar-refractivity contribution < 1.29 is 8.42 Å². The molecule has 0 aromatic carbocycles. The van der Waals surface area contributed by atoms with E-state index < -0.39 is 10.0 Å². The van der Waals surface area contributed by atoms with E-state index in [1.54, 1.807) is 0 Å². The van der Waals surface area contributed by atoms with Gasteiger partial charge in [0.2, 0.25) is 10.0 Å². The Morgan fingerprint density at radius 3 is 2.46 bits per heavy atom. The Hall–Kier alpha value is -0.0900. The van der Waals surface area contributed by atoms with E-state index in [1.165, 1.54) is 38.4 Å². The maximum Gasteiger partial charge on any atom is 0.208 e. The van der Waals surface area contributed by atoms with E-state index in [-0.39, 0.29) is 0 Å². The Kier molecular flexibility index (Phi) is 4.19. The van der Waals surface area contributed by atoms with E-state index >= 15 is 0 Å². The summed E-state index contributed by atoms with van der Waals surface area (Å²) < 4.78 is 24.0. The predicted octanol–water partition coefficient (Wildman–Crippen LogP) is 1.51. The van der Waals surface area contributed by atoms with Crippen molar-refractivity contribution in [2.75, 3.05) is 12.8 Å². The van der Waals surface area contributed by atoms with Gasteiger partial charge in [-0.25, -0.2) is 13.1 Å². The minimum atomic E-state index is -2.97. The van der Waals surface area contributed by atoms with E-state index in [0.29, 0.717) is 6.54 Å². The van der Waals surface area contributed by atoms with Gasteiger partial charge in [-0.3, -0.25) is 0 Å². The average Bonchev–Trinajstić information content (AvgIpc) is 2.48. The molecule has 3 nitrogen and oxygen atoms in total. The molecule has 1 aliphatic rings. The molecule has 13 heavy (non-hydrogen) atoms. The van der Waals surface area contributed by atoms with E-state index in [9.17, 15) is 8.42 Å². The van der Waals surface area contributed by atoms with Crippen molar-refractivity contribution in [2.24, 2.45) is 5.92 Å². The Balaban J connectivity index is 2.01. The van der Waals surface area contributed by atoms with Gasteiger partial charge in [-0.05, 0) is 18.8 Å². The van der Waals surface area contributed by atoms with Gasteiger partial charge in [0, 0.05) is 6.54 Å². The van der Waals surface area contributed by atoms with Gasteiger partial charge < -0.3 is 0 Å². The molecule has 0 radical (unpaired) electrons. The molecule has 0 heterocycles. The summed E-state index contributed by atoms with van der Waals surface area (Å²) in [7, 11) is -2.97. The molecule has 0 amide bonds. The molecule has 0 aliphatic heterocycles. The quantitative estimate of drug-likeness (QED) is 0.691. The Morgan fingerprint density at radius 1 is 1.31 bits per heavy atom. The highest BCUT2D eigenvalue weighted by atomic mass is 32.2. The standard InChI is InChI=1S/C9H19NO2S/c1-13(11,12)10-8-4-7-9-5-2-3-6-9/h9-10H,2-8H2,1H3. The third-order valence-electron chi connectivity index (χ3n) is 2.63. The monoisotopic (exact) mass is 205 g/mol. The molecule has 1 rings (SSSR count). The van der Waals surface area contributed by atoms with E-state index in [4.69, 9.17) is 0 Å². The van der Waals surface area contributed by atoms with Crippen LogP contribution in [-0.4, -0.2) is 21.2 Å². The minimum absolute atomic E-state index is 0.606.